The largest absolute Gasteiger partial charge is 0.391 e. The third-order valence-electron chi connectivity index (χ3n) is 2.45. The standard InChI is InChI=1S/C12H19NO/c1-3-6-10-7-4-5-8-11(10)12(13)9(2)14/h4-5,7-9,12,14H,3,6,13H2,1-2H3. The van der Waals surface area contributed by atoms with Crippen LogP contribution in [0.2, 0.25) is 0 Å². The normalized spacial score (nSPS) is 15.1. The van der Waals surface area contributed by atoms with E-state index in [0.29, 0.717) is 0 Å². The Morgan fingerprint density at radius 3 is 2.57 bits per heavy atom. The first-order valence-electron chi connectivity index (χ1n) is 5.18. The number of nitrogens with two attached hydrogens (primary N) is 1. The fraction of sp³-hybridized carbons (Fsp3) is 0.500. The van der Waals surface area contributed by atoms with E-state index in [1.807, 2.05) is 18.2 Å². The number of rotatable bonds is 4. The molecule has 0 aromatic heterocycles. The fourth-order valence-electron chi connectivity index (χ4n) is 1.62. The summed E-state index contributed by atoms with van der Waals surface area (Å²) in [5.74, 6) is 0. The van der Waals surface area contributed by atoms with Gasteiger partial charge in [-0.25, -0.2) is 0 Å². The lowest BCUT2D eigenvalue weighted by Crippen LogP contribution is -2.24. The summed E-state index contributed by atoms with van der Waals surface area (Å²) in [4.78, 5) is 0. The van der Waals surface area contributed by atoms with Crippen molar-refractivity contribution >= 4 is 0 Å². The minimum absolute atomic E-state index is 0.266. The third-order valence-corrected chi connectivity index (χ3v) is 2.45. The van der Waals surface area contributed by atoms with Crippen LogP contribution in [0.1, 0.15) is 37.4 Å². The van der Waals surface area contributed by atoms with E-state index in [0.717, 1.165) is 18.4 Å². The molecule has 1 rings (SSSR count). The molecule has 0 heterocycles. The molecule has 0 spiro atoms. The molecule has 1 aromatic rings. The van der Waals surface area contributed by atoms with Gasteiger partial charge in [0.05, 0.1) is 12.1 Å². The number of aliphatic hydroxyl groups is 1. The molecule has 0 aliphatic heterocycles. The summed E-state index contributed by atoms with van der Waals surface area (Å²) in [5.41, 5.74) is 8.25. The highest BCUT2D eigenvalue weighted by molar-refractivity contribution is 5.30. The molecule has 2 unspecified atom stereocenters. The Labute approximate surface area is 85.8 Å². The molecule has 1 aromatic carbocycles. The minimum Gasteiger partial charge on any atom is -0.391 e. The molecular weight excluding hydrogens is 174 g/mol. The van der Waals surface area contributed by atoms with Gasteiger partial charge in [0.2, 0.25) is 0 Å². The second-order valence-corrected chi connectivity index (χ2v) is 3.72. The van der Waals surface area contributed by atoms with Crippen LogP contribution in [0, 0.1) is 0 Å². The molecule has 0 saturated heterocycles. The van der Waals surface area contributed by atoms with Crippen molar-refractivity contribution in [3.05, 3.63) is 35.4 Å². The van der Waals surface area contributed by atoms with E-state index >= 15 is 0 Å². The van der Waals surface area contributed by atoms with Crippen LogP contribution in [0.15, 0.2) is 24.3 Å². The number of aliphatic hydroxyl groups excluding tert-OH is 1. The van der Waals surface area contributed by atoms with Crippen LogP contribution in [0.4, 0.5) is 0 Å². The van der Waals surface area contributed by atoms with Crippen molar-refractivity contribution in [2.45, 2.75) is 38.8 Å². The molecule has 2 nitrogen and oxygen atoms in total. The monoisotopic (exact) mass is 193 g/mol. The highest BCUT2D eigenvalue weighted by Crippen LogP contribution is 2.20. The van der Waals surface area contributed by atoms with Gasteiger partial charge in [0.1, 0.15) is 0 Å². The Morgan fingerprint density at radius 1 is 1.36 bits per heavy atom. The summed E-state index contributed by atoms with van der Waals surface area (Å²) < 4.78 is 0. The lowest BCUT2D eigenvalue weighted by Gasteiger charge is -2.18. The molecule has 2 atom stereocenters. The van der Waals surface area contributed by atoms with Gasteiger partial charge in [-0.15, -0.1) is 0 Å². The van der Waals surface area contributed by atoms with Gasteiger partial charge in [0.15, 0.2) is 0 Å². The van der Waals surface area contributed by atoms with E-state index < -0.39 is 6.10 Å². The van der Waals surface area contributed by atoms with E-state index in [2.05, 4.69) is 13.0 Å². The molecule has 78 valence electrons. The molecule has 3 N–H and O–H groups in total. The van der Waals surface area contributed by atoms with Crippen LogP contribution in [0.25, 0.3) is 0 Å². The lowest BCUT2D eigenvalue weighted by atomic mass is 9.95. The molecule has 2 heteroatoms. The Bertz CT molecular complexity index is 283. The van der Waals surface area contributed by atoms with Gasteiger partial charge in [-0.3, -0.25) is 0 Å². The van der Waals surface area contributed by atoms with Crippen molar-refractivity contribution in [3.63, 3.8) is 0 Å². The Kier molecular flexibility index (Phi) is 4.11. The molecule has 0 radical (unpaired) electrons. The number of hydrogen-bond acceptors (Lipinski definition) is 2. The average molecular weight is 193 g/mol. The maximum Gasteiger partial charge on any atom is 0.0704 e. The van der Waals surface area contributed by atoms with Crippen molar-refractivity contribution in [3.8, 4) is 0 Å². The number of benzene rings is 1. The van der Waals surface area contributed by atoms with Crippen molar-refractivity contribution in [1.82, 2.24) is 0 Å². The van der Waals surface area contributed by atoms with Gasteiger partial charge in [-0.1, -0.05) is 37.6 Å². The second-order valence-electron chi connectivity index (χ2n) is 3.72. The fourth-order valence-corrected chi connectivity index (χ4v) is 1.62. The molecule has 0 bridgehead atoms. The minimum atomic E-state index is -0.493. The highest BCUT2D eigenvalue weighted by atomic mass is 16.3. The second kappa shape index (κ2) is 5.13. The SMILES string of the molecule is CCCc1ccccc1C(N)C(C)O. The third kappa shape index (κ3) is 2.56. The van der Waals surface area contributed by atoms with Gasteiger partial charge >= 0.3 is 0 Å². The smallest absolute Gasteiger partial charge is 0.0704 e. The first kappa shape index (κ1) is 11.2. The van der Waals surface area contributed by atoms with Crippen molar-refractivity contribution in [2.75, 3.05) is 0 Å². The molecule has 14 heavy (non-hydrogen) atoms. The van der Waals surface area contributed by atoms with E-state index in [-0.39, 0.29) is 6.04 Å². The van der Waals surface area contributed by atoms with Crippen molar-refractivity contribution in [1.29, 1.82) is 0 Å². The first-order chi connectivity index (χ1) is 6.66. The van der Waals surface area contributed by atoms with Gasteiger partial charge in [-0.2, -0.15) is 0 Å². The predicted octanol–water partition coefficient (Wildman–Crippen LogP) is 2.02. The van der Waals surface area contributed by atoms with E-state index in [9.17, 15) is 5.11 Å². The van der Waals surface area contributed by atoms with Gasteiger partial charge in [0, 0.05) is 0 Å². The quantitative estimate of drug-likeness (QED) is 0.768. The molecular formula is C12H19NO. The van der Waals surface area contributed by atoms with E-state index in [4.69, 9.17) is 5.73 Å². The summed E-state index contributed by atoms with van der Waals surface area (Å²) in [6.45, 7) is 3.87. The highest BCUT2D eigenvalue weighted by Gasteiger charge is 2.14. The van der Waals surface area contributed by atoms with Crippen LogP contribution in [0.5, 0.6) is 0 Å². The summed E-state index contributed by atoms with van der Waals surface area (Å²) >= 11 is 0. The lowest BCUT2D eigenvalue weighted by molar-refractivity contribution is 0.164. The number of hydrogen-bond donors (Lipinski definition) is 2. The van der Waals surface area contributed by atoms with Crippen molar-refractivity contribution in [2.24, 2.45) is 5.73 Å². The van der Waals surface area contributed by atoms with E-state index in [1.165, 1.54) is 5.56 Å². The maximum atomic E-state index is 9.44. The predicted molar refractivity (Wildman–Crippen MR) is 59.0 cm³/mol. The van der Waals surface area contributed by atoms with Crippen molar-refractivity contribution < 1.29 is 5.11 Å². The topological polar surface area (TPSA) is 46.2 Å². The molecule has 0 aliphatic carbocycles. The van der Waals surface area contributed by atoms with Crippen LogP contribution >= 0.6 is 0 Å². The maximum absolute atomic E-state index is 9.44. The Hall–Kier alpha value is -0.860. The van der Waals surface area contributed by atoms with Gasteiger partial charge in [0.25, 0.3) is 0 Å². The Balaban J connectivity index is 2.94. The van der Waals surface area contributed by atoms with Crippen LogP contribution in [-0.4, -0.2) is 11.2 Å². The Morgan fingerprint density at radius 2 is 2.00 bits per heavy atom. The zero-order valence-corrected chi connectivity index (χ0v) is 8.90. The molecule has 0 amide bonds. The summed E-state index contributed by atoms with van der Waals surface area (Å²) in [6, 6.07) is 7.81. The summed E-state index contributed by atoms with van der Waals surface area (Å²) in [7, 11) is 0. The van der Waals surface area contributed by atoms with Crippen LogP contribution < -0.4 is 5.73 Å². The zero-order valence-electron chi connectivity index (χ0n) is 8.90. The summed E-state index contributed by atoms with van der Waals surface area (Å²) in [5, 5.41) is 9.44. The molecule has 0 aliphatic rings. The zero-order chi connectivity index (χ0) is 10.6. The molecule has 0 saturated carbocycles. The van der Waals surface area contributed by atoms with Crippen LogP contribution in [0.3, 0.4) is 0 Å². The first-order valence-corrected chi connectivity index (χ1v) is 5.18. The average Bonchev–Trinajstić information content (AvgIpc) is 2.18. The number of aryl methyl sites for hydroxylation is 1. The molecule has 0 fully saturated rings. The van der Waals surface area contributed by atoms with Crippen LogP contribution in [-0.2, 0) is 6.42 Å². The van der Waals surface area contributed by atoms with Gasteiger partial charge in [-0.05, 0) is 24.5 Å². The summed E-state index contributed by atoms with van der Waals surface area (Å²) in [6.07, 6.45) is 1.63. The van der Waals surface area contributed by atoms with E-state index in [1.54, 1.807) is 6.92 Å². The van der Waals surface area contributed by atoms with Gasteiger partial charge < -0.3 is 10.8 Å².